The SMILES string of the molecule is c1ccc(-c2ccc(N(c3ccc(-c4ccc5oc6c7ccccc7ccc6c5c4)cc3)c3cccc(-c4cccc5ccccc45)c3)cc2)cc1. The van der Waals surface area contributed by atoms with Gasteiger partial charge in [-0.3, -0.25) is 0 Å². The number of hydrogen-bond donors (Lipinski definition) is 0. The third kappa shape index (κ3) is 5.21. The fraction of sp³-hybridized carbons (Fsp3) is 0. The number of fused-ring (bicyclic) bond motifs is 6. The molecule has 0 atom stereocenters. The number of nitrogens with zero attached hydrogens (tertiary/aromatic N) is 1. The molecule has 244 valence electrons. The number of furan rings is 1. The van der Waals surface area contributed by atoms with Crippen molar-refractivity contribution in [2.45, 2.75) is 0 Å². The van der Waals surface area contributed by atoms with Crippen LogP contribution in [0.3, 0.4) is 0 Å². The molecule has 0 saturated heterocycles. The monoisotopic (exact) mass is 663 g/mol. The van der Waals surface area contributed by atoms with Gasteiger partial charge in [-0.2, -0.15) is 0 Å². The average molecular weight is 664 g/mol. The minimum atomic E-state index is 0.905. The van der Waals surface area contributed by atoms with Gasteiger partial charge in [0, 0.05) is 33.2 Å². The largest absolute Gasteiger partial charge is 0.455 e. The highest BCUT2D eigenvalue weighted by atomic mass is 16.3. The molecule has 10 rings (SSSR count). The van der Waals surface area contributed by atoms with Crippen LogP contribution < -0.4 is 4.90 Å². The summed E-state index contributed by atoms with van der Waals surface area (Å²) in [6.07, 6.45) is 0. The Bertz CT molecular complexity index is 2880. The van der Waals surface area contributed by atoms with Crippen LogP contribution in [0.4, 0.5) is 17.1 Å². The molecule has 1 heterocycles. The van der Waals surface area contributed by atoms with Gasteiger partial charge in [0.1, 0.15) is 11.2 Å². The summed E-state index contributed by atoms with van der Waals surface area (Å²) in [6.45, 7) is 0. The maximum absolute atomic E-state index is 6.40. The lowest BCUT2D eigenvalue weighted by Gasteiger charge is -2.26. The molecule has 0 fully saturated rings. The van der Waals surface area contributed by atoms with Gasteiger partial charge < -0.3 is 9.32 Å². The summed E-state index contributed by atoms with van der Waals surface area (Å²) in [4.78, 5) is 2.35. The molecule has 0 aliphatic heterocycles. The first-order chi connectivity index (χ1) is 25.8. The molecule has 0 saturated carbocycles. The van der Waals surface area contributed by atoms with Crippen molar-refractivity contribution < 1.29 is 4.42 Å². The van der Waals surface area contributed by atoms with Crippen LogP contribution in [-0.2, 0) is 0 Å². The molecule has 0 aliphatic rings. The summed E-state index contributed by atoms with van der Waals surface area (Å²) in [7, 11) is 0. The van der Waals surface area contributed by atoms with Crippen molar-refractivity contribution in [1.82, 2.24) is 0 Å². The lowest BCUT2D eigenvalue weighted by molar-refractivity contribution is 0.672. The van der Waals surface area contributed by atoms with Gasteiger partial charge in [-0.15, -0.1) is 0 Å². The summed E-state index contributed by atoms with van der Waals surface area (Å²) in [5.74, 6) is 0. The van der Waals surface area contributed by atoms with Crippen molar-refractivity contribution in [2.24, 2.45) is 0 Å². The zero-order valence-electron chi connectivity index (χ0n) is 28.4. The van der Waals surface area contributed by atoms with E-state index < -0.39 is 0 Å². The van der Waals surface area contributed by atoms with E-state index in [1.807, 2.05) is 0 Å². The summed E-state index contributed by atoms with van der Waals surface area (Å²) < 4.78 is 6.40. The second-order valence-corrected chi connectivity index (χ2v) is 13.3. The smallest absolute Gasteiger partial charge is 0.143 e. The molecular formula is C50H33NO. The lowest BCUT2D eigenvalue weighted by atomic mass is 9.97. The van der Waals surface area contributed by atoms with Gasteiger partial charge in [0.05, 0.1) is 0 Å². The minimum Gasteiger partial charge on any atom is -0.455 e. The molecule has 0 N–H and O–H groups in total. The standard InChI is InChI=1S/C50H33NO/c1-2-10-34(11-3-1)35-20-26-41(27-21-35)51(43-16-8-15-40(32-43)45-19-9-14-37-12-4-6-17-44(37)45)42-28-22-36(23-29-42)39-25-31-49-48(33-39)47-30-24-38-13-5-7-18-46(38)50(47)52-49/h1-33H. The Morgan fingerprint density at radius 3 is 1.65 bits per heavy atom. The van der Waals surface area contributed by atoms with E-state index >= 15 is 0 Å². The Morgan fingerprint density at radius 1 is 0.308 bits per heavy atom. The van der Waals surface area contributed by atoms with Crippen molar-refractivity contribution in [3.63, 3.8) is 0 Å². The molecular weight excluding hydrogens is 631 g/mol. The van der Waals surface area contributed by atoms with E-state index in [1.54, 1.807) is 0 Å². The van der Waals surface area contributed by atoms with Crippen LogP contribution in [-0.4, -0.2) is 0 Å². The zero-order chi connectivity index (χ0) is 34.4. The molecule has 52 heavy (non-hydrogen) atoms. The Kier molecular flexibility index (Phi) is 7.18. The summed E-state index contributed by atoms with van der Waals surface area (Å²) in [6, 6.07) is 71.7. The van der Waals surface area contributed by atoms with Gasteiger partial charge in [0.15, 0.2) is 0 Å². The highest BCUT2D eigenvalue weighted by Crippen LogP contribution is 2.40. The quantitative estimate of drug-likeness (QED) is 0.176. The van der Waals surface area contributed by atoms with E-state index in [4.69, 9.17) is 4.42 Å². The second kappa shape index (κ2) is 12.5. The summed E-state index contributed by atoms with van der Waals surface area (Å²) in [5.41, 5.74) is 12.3. The van der Waals surface area contributed by atoms with Gasteiger partial charge in [-0.1, -0.05) is 146 Å². The Balaban J connectivity index is 1.06. The number of anilines is 3. The Morgan fingerprint density at radius 2 is 0.885 bits per heavy atom. The molecule has 0 unspecified atom stereocenters. The van der Waals surface area contributed by atoms with Crippen LogP contribution in [0.2, 0.25) is 0 Å². The van der Waals surface area contributed by atoms with Crippen molar-refractivity contribution in [3.8, 4) is 33.4 Å². The van der Waals surface area contributed by atoms with Crippen molar-refractivity contribution in [1.29, 1.82) is 0 Å². The molecule has 0 spiro atoms. The second-order valence-electron chi connectivity index (χ2n) is 13.3. The number of hydrogen-bond acceptors (Lipinski definition) is 2. The lowest BCUT2D eigenvalue weighted by Crippen LogP contribution is -2.10. The molecule has 10 aromatic rings. The predicted octanol–water partition coefficient (Wildman–Crippen LogP) is 14.4. The Labute approximate surface area is 302 Å². The van der Waals surface area contributed by atoms with Crippen LogP contribution in [0.15, 0.2) is 205 Å². The molecule has 2 nitrogen and oxygen atoms in total. The number of rotatable bonds is 6. The first kappa shape index (κ1) is 30.0. The van der Waals surface area contributed by atoms with Crippen molar-refractivity contribution >= 4 is 60.5 Å². The molecule has 0 radical (unpaired) electrons. The molecule has 0 amide bonds. The first-order valence-corrected chi connectivity index (χ1v) is 17.8. The third-order valence-corrected chi connectivity index (χ3v) is 10.3. The summed E-state index contributed by atoms with van der Waals surface area (Å²) >= 11 is 0. The van der Waals surface area contributed by atoms with Crippen LogP contribution in [0.1, 0.15) is 0 Å². The predicted molar refractivity (Wildman–Crippen MR) is 220 cm³/mol. The highest BCUT2D eigenvalue weighted by molar-refractivity contribution is 6.15. The maximum atomic E-state index is 6.40. The molecule has 0 aliphatic carbocycles. The van der Waals surface area contributed by atoms with Gasteiger partial charge in [-0.05, 0) is 104 Å². The topological polar surface area (TPSA) is 16.4 Å². The summed E-state index contributed by atoms with van der Waals surface area (Å²) in [5, 5.41) is 7.09. The molecule has 2 heteroatoms. The van der Waals surface area contributed by atoms with E-state index in [1.165, 1.54) is 38.4 Å². The van der Waals surface area contributed by atoms with Crippen molar-refractivity contribution in [2.75, 3.05) is 4.90 Å². The first-order valence-electron chi connectivity index (χ1n) is 17.8. The van der Waals surface area contributed by atoms with E-state index in [-0.39, 0.29) is 0 Å². The molecule has 9 aromatic carbocycles. The highest BCUT2D eigenvalue weighted by Gasteiger charge is 2.16. The fourth-order valence-electron chi connectivity index (χ4n) is 7.66. The van der Waals surface area contributed by atoms with Gasteiger partial charge in [0.2, 0.25) is 0 Å². The van der Waals surface area contributed by atoms with E-state index in [2.05, 4.69) is 205 Å². The van der Waals surface area contributed by atoms with Gasteiger partial charge in [0.25, 0.3) is 0 Å². The zero-order valence-corrected chi connectivity index (χ0v) is 28.4. The van der Waals surface area contributed by atoms with Gasteiger partial charge in [-0.25, -0.2) is 0 Å². The fourth-order valence-corrected chi connectivity index (χ4v) is 7.66. The Hall–Kier alpha value is -6.90. The van der Waals surface area contributed by atoms with E-state index in [9.17, 15) is 0 Å². The van der Waals surface area contributed by atoms with E-state index in [0.717, 1.165) is 55.5 Å². The third-order valence-electron chi connectivity index (χ3n) is 10.3. The van der Waals surface area contributed by atoms with Crippen LogP contribution in [0.5, 0.6) is 0 Å². The maximum Gasteiger partial charge on any atom is 0.143 e. The average Bonchev–Trinajstić information content (AvgIpc) is 3.60. The normalized spacial score (nSPS) is 11.5. The number of benzene rings is 9. The van der Waals surface area contributed by atoms with Crippen LogP contribution in [0, 0.1) is 0 Å². The van der Waals surface area contributed by atoms with Crippen LogP contribution in [0.25, 0.3) is 76.9 Å². The van der Waals surface area contributed by atoms with Crippen molar-refractivity contribution in [3.05, 3.63) is 200 Å². The van der Waals surface area contributed by atoms with Gasteiger partial charge >= 0.3 is 0 Å². The van der Waals surface area contributed by atoms with Crippen LogP contribution >= 0.6 is 0 Å². The molecule has 1 aromatic heterocycles. The molecule has 0 bridgehead atoms. The van der Waals surface area contributed by atoms with E-state index in [0.29, 0.717) is 0 Å². The minimum absolute atomic E-state index is 0.905.